The van der Waals surface area contributed by atoms with Crippen molar-refractivity contribution in [1.29, 1.82) is 0 Å². The van der Waals surface area contributed by atoms with Gasteiger partial charge in [-0.2, -0.15) is 0 Å². The van der Waals surface area contributed by atoms with Crippen LogP contribution in [0.1, 0.15) is 9.75 Å². The molecule has 10 aromatic rings. The molecule has 0 bridgehead atoms. The second kappa shape index (κ2) is 7.78. The number of hydrogen-bond donors (Lipinski definition) is 0. The molecule has 42 heavy (non-hydrogen) atoms. The van der Waals surface area contributed by atoms with Gasteiger partial charge >= 0.3 is 0 Å². The molecular formula is C32H16N4O2S4. The number of benzene rings is 2. The minimum Gasteiger partial charge on any atom is -0.268 e. The molecule has 0 radical (unpaired) electrons. The molecule has 0 fully saturated rings. The summed E-state index contributed by atoms with van der Waals surface area (Å²) in [5.41, 5.74) is 2.66. The van der Waals surface area contributed by atoms with E-state index in [9.17, 15) is 9.59 Å². The van der Waals surface area contributed by atoms with Crippen molar-refractivity contribution in [2.24, 2.45) is 0 Å². The summed E-state index contributed by atoms with van der Waals surface area (Å²) in [5.74, 6) is 0. The zero-order chi connectivity index (χ0) is 28.0. The Hall–Kier alpha value is -4.22. The highest BCUT2D eigenvalue weighted by Crippen LogP contribution is 2.42. The summed E-state index contributed by atoms with van der Waals surface area (Å²) in [6, 6.07) is 20.3. The highest BCUT2D eigenvalue weighted by atomic mass is 32.1. The molecule has 2 aromatic carbocycles. The fraction of sp³-hybridized carbons (Fsp3) is 0.0625. The van der Waals surface area contributed by atoms with Crippen molar-refractivity contribution >= 4 is 110 Å². The first-order valence-electron chi connectivity index (χ1n) is 13.3. The maximum absolute atomic E-state index is 14.1. The predicted octanol–water partition coefficient (Wildman–Crippen LogP) is 8.54. The van der Waals surface area contributed by atoms with Crippen molar-refractivity contribution in [1.82, 2.24) is 18.8 Å². The molecular weight excluding hydrogens is 601 g/mol. The molecule has 0 saturated heterocycles. The minimum atomic E-state index is -0.117. The van der Waals surface area contributed by atoms with Crippen molar-refractivity contribution in [3.05, 3.63) is 91.1 Å². The molecule has 8 aromatic heterocycles. The third-order valence-electron chi connectivity index (χ3n) is 8.16. The van der Waals surface area contributed by atoms with E-state index < -0.39 is 0 Å². The predicted molar refractivity (Wildman–Crippen MR) is 178 cm³/mol. The summed E-state index contributed by atoms with van der Waals surface area (Å²) in [4.78, 5) is 46.9. The molecule has 0 aliphatic carbocycles. The summed E-state index contributed by atoms with van der Waals surface area (Å²) in [6.45, 7) is 4.19. The van der Waals surface area contributed by atoms with E-state index in [1.165, 1.54) is 19.5 Å². The Morgan fingerprint density at radius 3 is 1.76 bits per heavy atom. The van der Waals surface area contributed by atoms with Crippen LogP contribution in [0.5, 0.6) is 0 Å². The Morgan fingerprint density at radius 1 is 0.571 bits per heavy atom. The molecule has 0 N–H and O–H groups in total. The smallest absolute Gasteiger partial charge is 0.265 e. The van der Waals surface area contributed by atoms with Crippen LogP contribution in [0.3, 0.4) is 0 Å². The molecule has 0 aliphatic rings. The fourth-order valence-electron chi connectivity index (χ4n) is 6.34. The van der Waals surface area contributed by atoms with Crippen molar-refractivity contribution in [3.8, 4) is 19.5 Å². The first kappa shape index (κ1) is 23.4. The van der Waals surface area contributed by atoms with Crippen LogP contribution in [-0.2, 0) is 0 Å². The van der Waals surface area contributed by atoms with Gasteiger partial charge in [0.05, 0.1) is 5.52 Å². The monoisotopic (exact) mass is 616 g/mol. The van der Waals surface area contributed by atoms with Crippen LogP contribution in [0, 0.1) is 13.8 Å². The molecule has 8 heterocycles. The van der Waals surface area contributed by atoms with Gasteiger partial charge in [-0.3, -0.25) is 14.0 Å². The van der Waals surface area contributed by atoms with Crippen LogP contribution in [0.4, 0.5) is 0 Å². The van der Waals surface area contributed by atoms with Gasteiger partial charge in [0, 0.05) is 61.6 Å². The third kappa shape index (κ3) is 2.82. The summed E-state index contributed by atoms with van der Waals surface area (Å²) in [5, 5.41) is 4.48. The fourth-order valence-corrected chi connectivity index (χ4v) is 10.4. The van der Waals surface area contributed by atoms with Crippen LogP contribution in [0.2, 0.25) is 0 Å². The Morgan fingerprint density at radius 2 is 1.14 bits per heavy atom. The first-order chi connectivity index (χ1) is 20.4. The van der Waals surface area contributed by atoms with Crippen molar-refractivity contribution < 1.29 is 0 Å². The average molecular weight is 617 g/mol. The molecule has 0 aliphatic heterocycles. The lowest BCUT2D eigenvalue weighted by molar-refractivity contribution is 1.18. The molecule has 10 heteroatoms. The number of nitrogens with zero attached hydrogens (tertiary/aromatic N) is 4. The van der Waals surface area contributed by atoms with Crippen LogP contribution in [-0.4, -0.2) is 18.8 Å². The van der Waals surface area contributed by atoms with E-state index in [2.05, 4.69) is 50.2 Å². The summed E-state index contributed by atoms with van der Waals surface area (Å²) >= 11 is 6.68. The van der Waals surface area contributed by atoms with Crippen LogP contribution in [0.15, 0.2) is 70.3 Å². The largest absolute Gasteiger partial charge is 0.268 e. The lowest BCUT2D eigenvalue weighted by atomic mass is 9.96. The van der Waals surface area contributed by atoms with Crippen molar-refractivity contribution in [2.75, 3.05) is 0 Å². The van der Waals surface area contributed by atoms with Gasteiger partial charge in [0.15, 0.2) is 0 Å². The first-order valence-corrected chi connectivity index (χ1v) is 16.6. The van der Waals surface area contributed by atoms with E-state index in [1.807, 2.05) is 24.3 Å². The van der Waals surface area contributed by atoms with E-state index >= 15 is 0 Å². The van der Waals surface area contributed by atoms with E-state index in [1.54, 1.807) is 54.1 Å². The molecule has 0 amide bonds. The number of aromatic nitrogens is 4. The quantitative estimate of drug-likeness (QED) is 0.183. The second-order valence-corrected chi connectivity index (χ2v) is 15.3. The Bertz CT molecular complexity index is 2680. The number of thiophene rings is 4. The molecule has 0 atom stereocenters. The lowest BCUT2D eigenvalue weighted by Gasteiger charge is -2.11. The van der Waals surface area contributed by atoms with Gasteiger partial charge < -0.3 is 0 Å². The number of imidazole rings is 2. The highest BCUT2D eigenvalue weighted by molar-refractivity contribution is 7.26. The zero-order valence-corrected chi connectivity index (χ0v) is 25.3. The van der Waals surface area contributed by atoms with E-state index in [-0.39, 0.29) is 11.1 Å². The molecule has 10 rings (SSSR count). The zero-order valence-electron chi connectivity index (χ0n) is 22.0. The molecule has 200 valence electrons. The number of rotatable bonds is 2. The van der Waals surface area contributed by atoms with Crippen LogP contribution in [0.25, 0.3) is 83.8 Å². The van der Waals surface area contributed by atoms with E-state index in [0.29, 0.717) is 22.1 Å². The summed E-state index contributed by atoms with van der Waals surface area (Å²) in [7, 11) is 0. The van der Waals surface area contributed by atoms with Gasteiger partial charge in [0.1, 0.15) is 26.5 Å². The lowest BCUT2D eigenvalue weighted by Crippen LogP contribution is -2.16. The Labute approximate surface area is 251 Å². The minimum absolute atomic E-state index is 0.113. The third-order valence-corrected chi connectivity index (χ3v) is 12.7. The normalized spacial score (nSPS) is 12.7. The summed E-state index contributed by atoms with van der Waals surface area (Å²) in [6.07, 6.45) is 0. The molecule has 0 unspecified atom stereocenters. The van der Waals surface area contributed by atoms with Gasteiger partial charge in [0.25, 0.3) is 11.1 Å². The number of aryl methyl sites for hydroxylation is 2. The van der Waals surface area contributed by atoms with Gasteiger partial charge in [-0.05, 0) is 74.5 Å². The average Bonchev–Trinajstić information content (AvgIpc) is 3.80. The summed E-state index contributed by atoms with van der Waals surface area (Å²) < 4.78 is 3.49. The standard InChI is InChI=1S/C32H16N4O2S4/c1-13-3-9-21(39-13)23-11-19-32(42-23)36-27(33-19)15-5-7-17-26-16(6-8-18(25(15)26)31(36)38)28-34-29-20(35(28)30(17)37)12-24(41-29)22-10-4-14(2)40-22/h3-12H,1-2H3. The topological polar surface area (TPSA) is 68.7 Å². The Balaban J connectivity index is 1.29. The van der Waals surface area contributed by atoms with E-state index in [4.69, 9.17) is 9.97 Å². The maximum atomic E-state index is 14.1. The molecule has 6 nitrogen and oxygen atoms in total. The number of pyridine rings is 2. The highest BCUT2D eigenvalue weighted by Gasteiger charge is 2.24. The van der Waals surface area contributed by atoms with Gasteiger partial charge in [-0.25, -0.2) is 14.4 Å². The van der Waals surface area contributed by atoms with Gasteiger partial charge in [0.2, 0.25) is 0 Å². The van der Waals surface area contributed by atoms with Crippen molar-refractivity contribution in [3.63, 3.8) is 0 Å². The Kier molecular flexibility index (Phi) is 4.33. The SMILES string of the molecule is Cc1ccc(-c2cc3c(nc4c5ccc6c(=O)n7c(nc8cc(-c9ccc(C)s9)sc87)c7ccc(c(=O)n34)c5c67)s2)s1. The number of fused-ring (bicyclic) bond motifs is 8. The van der Waals surface area contributed by atoms with E-state index in [0.717, 1.165) is 52.0 Å². The number of hydrogen-bond acceptors (Lipinski definition) is 8. The maximum Gasteiger partial charge on any atom is 0.265 e. The molecule has 0 saturated carbocycles. The van der Waals surface area contributed by atoms with Gasteiger partial charge in [-0.15, -0.1) is 45.3 Å². The van der Waals surface area contributed by atoms with Crippen LogP contribution >= 0.6 is 45.3 Å². The molecule has 0 spiro atoms. The second-order valence-electron chi connectivity index (χ2n) is 10.6. The van der Waals surface area contributed by atoms with Gasteiger partial charge in [-0.1, -0.05) is 0 Å². The van der Waals surface area contributed by atoms with Crippen molar-refractivity contribution in [2.45, 2.75) is 13.8 Å². The van der Waals surface area contributed by atoms with Crippen LogP contribution < -0.4 is 11.1 Å².